The highest BCUT2D eigenvalue weighted by molar-refractivity contribution is 6.06. The topological polar surface area (TPSA) is 71.0 Å². The summed E-state index contributed by atoms with van der Waals surface area (Å²) in [7, 11) is 0. The summed E-state index contributed by atoms with van der Waals surface area (Å²) >= 11 is 0. The maximum absolute atomic E-state index is 12.3. The second-order valence-electron chi connectivity index (χ2n) is 4.32. The van der Waals surface area contributed by atoms with Crippen LogP contribution in [0.25, 0.3) is 11.0 Å². The minimum atomic E-state index is -0.476. The monoisotopic (exact) mass is 266 g/mol. The number of rotatable bonds is 2. The zero-order valence-corrected chi connectivity index (χ0v) is 10.4. The second kappa shape index (κ2) is 4.62. The first kappa shape index (κ1) is 12.1. The number of carbonyl (C=O) groups is 1. The highest BCUT2D eigenvalue weighted by Crippen LogP contribution is 2.09. The van der Waals surface area contributed by atoms with Crippen molar-refractivity contribution in [2.24, 2.45) is 0 Å². The van der Waals surface area contributed by atoms with Crippen LogP contribution in [0.5, 0.6) is 0 Å². The first-order valence-corrected chi connectivity index (χ1v) is 6.03. The molecule has 0 fully saturated rings. The molecule has 1 heterocycles. The van der Waals surface area contributed by atoms with Crippen LogP contribution in [0.3, 0.4) is 0 Å². The van der Waals surface area contributed by atoms with Gasteiger partial charge in [-0.1, -0.05) is 42.5 Å². The zero-order chi connectivity index (χ0) is 14.1. The number of benzene rings is 2. The lowest BCUT2D eigenvalue weighted by Gasteiger charge is -2.07. The van der Waals surface area contributed by atoms with Gasteiger partial charge in [-0.05, 0) is 0 Å². The number of hydrogen-bond acceptors (Lipinski definition) is 3. The van der Waals surface area contributed by atoms with Crippen molar-refractivity contribution in [1.29, 1.82) is 0 Å². The van der Waals surface area contributed by atoms with Crippen LogP contribution in [0.15, 0.2) is 60.8 Å². The van der Waals surface area contributed by atoms with E-state index in [0.29, 0.717) is 15.0 Å². The Kier molecular flexibility index (Phi) is 2.80. The van der Waals surface area contributed by atoms with E-state index < -0.39 is 5.78 Å². The molecule has 0 amide bonds. The van der Waals surface area contributed by atoms with Crippen molar-refractivity contribution in [3.05, 3.63) is 82.5 Å². The highest BCUT2D eigenvalue weighted by Gasteiger charge is 2.25. The van der Waals surface area contributed by atoms with E-state index >= 15 is 0 Å². The van der Waals surface area contributed by atoms with Crippen LogP contribution in [0, 0.1) is 10.4 Å². The van der Waals surface area contributed by atoms with Gasteiger partial charge >= 0.3 is 5.69 Å². The average Bonchev–Trinajstić information content (AvgIpc) is 2.51. The normalized spacial score (nSPS) is 10.6. The van der Waals surface area contributed by atoms with Crippen LogP contribution in [0.1, 0.15) is 16.1 Å². The number of nitrogens with zero attached hydrogens (tertiary/aromatic N) is 2. The molecular weight excluding hydrogens is 256 g/mol. The first-order chi connectivity index (χ1) is 9.68. The molecule has 1 aromatic heterocycles. The largest absolute Gasteiger partial charge is 0.618 e. The van der Waals surface area contributed by atoms with Crippen LogP contribution < -0.4 is 9.46 Å². The van der Waals surface area contributed by atoms with Crippen molar-refractivity contribution in [2.45, 2.75) is 0 Å². The molecule has 5 nitrogen and oxygen atoms in total. The molecule has 0 unspecified atom stereocenters. The van der Waals surface area contributed by atoms with Gasteiger partial charge in [0.15, 0.2) is 0 Å². The van der Waals surface area contributed by atoms with Gasteiger partial charge in [0.05, 0.1) is 0 Å². The number of aromatic nitrogens is 2. The van der Waals surface area contributed by atoms with E-state index in [2.05, 4.69) is 0 Å². The Balaban J connectivity index is 2.23. The van der Waals surface area contributed by atoms with Gasteiger partial charge in [-0.3, -0.25) is 4.79 Å². The van der Waals surface area contributed by atoms with Crippen molar-refractivity contribution >= 4 is 16.8 Å². The molecular formula is C15H10N2O3. The molecule has 0 atom stereocenters. The number of ketones is 1. The van der Waals surface area contributed by atoms with Crippen molar-refractivity contribution in [2.75, 3.05) is 0 Å². The minimum Gasteiger partial charge on any atom is -0.618 e. The summed E-state index contributed by atoms with van der Waals surface area (Å²) in [5, 5.41) is 24.1. The molecule has 2 aromatic carbocycles. The smallest absolute Gasteiger partial charge is 0.330 e. The molecule has 0 aliphatic carbocycles. The van der Waals surface area contributed by atoms with Gasteiger partial charge < -0.3 is 10.4 Å². The third-order valence-electron chi connectivity index (χ3n) is 3.06. The first-order valence-electron chi connectivity index (χ1n) is 6.03. The SMILES string of the molecule is O=C(c1ccccc1)c1c[n+]([O-])c2ccccc2[n+]1[O-]. The Hall–Kier alpha value is -2.95. The lowest BCUT2D eigenvalue weighted by atomic mass is 10.1. The number of fused-ring (bicyclic) bond motifs is 1. The molecule has 0 bridgehead atoms. The molecule has 3 aromatic rings. The van der Waals surface area contributed by atoms with Crippen molar-refractivity contribution < 1.29 is 14.3 Å². The Labute approximate surface area is 114 Å². The van der Waals surface area contributed by atoms with Gasteiger partial charge in [-0.2, -0.15) is 9.46 Å². The summed E-state index contributed by atoms with van der Waals surface area (Å²) in [4.78, 5) is 12.3. The molecule has 98 valence electrons. The maximum atomic E-state index is 12.3. The highest BCUT2D eigenvalue weighted by atomic mass is 16.5. The number of hydrogen-bond donors (Lipinski definition) is 0. The zero-order valence-electron chi connectivity index (χ0n) is 10.4. The molecule has 20 heavy (non-hydrogen) atoms. The van der Waals surface area contributed by atoms with Gasteiger partial charge in [-0.15, -0.1) is 0 Å². The van der Waals surface area contributed by atoms with Gasteiger partial charge in [-0.25, -0.2) is 0 Å². The lowest BCUT2D eigenvalue weighted by molar-refractivity contribution is -0.630. The van der Waals surface area contributed by atoms with Crippen molar-refractivity contribution in [1.82, 2.24) is 0 Å². The second-order valence-corrected chi connectivity index (χ2v) is 4.32. The van der Waals surface area contributed by atoms with Crippen LogP contribution in [-0.2, 0) is 0 Å². The summed E-state index contributed by atoms with van der Waals surface area (Å²) in [5.74, 6) is -0.476. The van der Waals surface area contributed by atoms with E-state index in [1.807, 2.05) is 0 Å². The van der Waals surface area contributed by atoms with Crippen LogP contribution >= 0.6 is 0 Å². The number of carbonyl (C=O) groups excluding carboxylic acids is 1. The van der Waals surface area contributed by atoms with E-state index in [4.69, 9.17) is 0 Å². The fraction of sp³-hybridized carbons (Fsp3) is 0. The van der Waals surface area contributed by atoms with Gasteiger partial charge in [0.1, 0.15) is 0 Å². The lowest BCUT2D eigenvalue weighted by Crippen LogP contribution is -2.43. The third-order valence-corrected chi connectivity index (χ3v) is 3.06. The number of para-hydroxylation sites is 2. The Morgan fingerprint density at radius 3 is 2.15 bits per heavy atom. The Bertz CT molecular complexity index is 801. The van der Waals surface area contributed by atoms with E-state index in [9.17, 15) is 15.2 Å². The van der Waals surface area contributed by atoms with E-state index in [-0.39, 0.29) is 16.7 Å². The van der Waals surface area contributed by atoms with E-state index in [0.717, 1.165) is 6.20 Å². The maximum Gasteiger partial charge on any atom is 0.330 e. The molecule has 0 spiro atoms. The Morgan fingerprint density at radius 1 is 0.850 bits per heavy atom. The van der Waals surface area contributed by atoms with Crippen LogP contribution in [0.2, 0.25) is 0 Å². The van der Waals surface area contributed by atoms with Crippen molar-refractivity contribution in [3.8, 4) is 0 Å². The molecule has 0 saturated carbocycles. The summed E-state index contributed by atoms with van der Waals surface area (Å²) in [6, 6.07) is 14.7. The molecule has 0 aliphatic rings. The summed E-state index contributed by atoms with van der Waals surface area (Å²) in [6.45, 7) is 0. The summed E-state index contributed by atoms with van der Waals surface area (Å²) in [6.07, 6.45) is 1.02. The molecule has 0 saturated heterocycles. The fourth-order valence-electron chi connectivity index (χ4n) is 2.07. The van der Waals surface area contributed by atoms with Crippen LogP contribution in [-0.4, -0.2) is 5.78 Å². The van der Waals surface area contributed by atoms with Crippen molar-refractivity contribution in [3.63, 3.8) is 0 Å². The predicted molar refractivity (Wildman–Crippen MR) is 71.7 cm³/mol. The average molecular weight is 266 g/mol. The van der Waals surface area contributed by atoms with E-state index in [1.165, 1.54) is 12.1 Å². The minimum absolute atomic E-state index is 0.171. The van der Waals surface area contributed by atoms with Gasteiger partial charge in [0.2, 0.25) is 0 Å². The molecule has 0 N–H and O–H groups in total. The molecule has 0 aliphatic heterocycles. The van der Waals surface area contributed by atoms with Crippen LogP contribution in [0.4, 0.5) is 0 Å². The quantitative estimate of drug-likeness (QED) is 0.399. The van der Waals surface area contributed by atoms with Gasteiger partial charge in [0, 0.05) is 17.7 Å². The summed E-state index contributed by atoms with van der Waals surface area (Å²) < 4.78 is 1.04. The predicted octanol–water partition coefficient (Wildman–Crippen LogP) is 1.34. The molecule has 3 rings (SSSR count). The summed E-state index contributed by atoms with van der Waals surface area (Å²) in [5.41, 5.74) is 0.577. The standard InChI is InChI=1S/C15H10N2O3/c18-15(11-6-2-1-3-7-11)14-10-16(19)12-8-4-5-9-13(12)17(14)20/h1-10H. The Morgan fingerprint density at radius 2 is 1.45 bits per heavy atom. The third kappa shape index (κ3) is 1.85. The van der Waals surface area contributed by atoms with Gasteiger partial charge in [0.25, 0.3) is 23.0 Å². The molecule has 5 heteroatoms. The molecule has 0 radical (unpaired) electrons. The fourth-order valence-corrected chi connectivity index (χ4v) is 2.07. The van der Waals surface area contributed by atoms with E-state index in [1.54, 1.807) is 42.5 Å².